The average molecular weight is 350 g/mol. The summed E-state index contributed by atoms with van der Waals surface area (Å²) < 4.78 is 23.3. The van der Waals surface area contributed by atoms with Crippen molar-refractivity contribution in [2.75, 3.05) is 12.9 Å². The Morgan fingerprint density at radius 3 is 2.52 bits per heavy atom. The van der Waals surface area contributed by atoms with Crippen LogP contribution in [0.3, 0.4) is 0 Å². The lowest BCUT2D eigenvalue weighted by molar-refractivity contribution is 0.112. The highest BCUT2D eigenvalue weighted by Gasteiger charge is 2.09. The van der Waals surface area contributed by atoms with E-state index in [-0.39, 0.29) is 6.61 Å². The molecular formula is C17H19O4PS. The van der Waals surface area contributed by atoms with Crippen molar-refractivity contribution in [3.8, 4) is 5.75 Å². The third kappa shape index (κ3) is 5.47. The van der Waals surface area contributed by atoms with E-state index >= 15 is 0 Å². The van der Waals surface area contributed by atoms with Crippen molar-refractivity contribution in [1.29, 1.82) is 0 Å². The van der Waals surface area contributed by atoms with Crippen LogP contribution in [-0.4, -0.2) is 23.4 Å². The minimum absolute atomic E-state index is 0.141. The molecule has 0 radical (unpaired) electrons. The highest BCUT2D eigenvalue weighted by Crippen LogP contribution is 2.23. The first-order valence-corrected chi connectivity index (χ1v) is 10.9. The molecule has 0 heterocycles. The van der Waals surface area contributed by atoms with Crippen molar-refractivity contribution < 1.29 is 17.9 Å². The average Bonchev–Trinajstić information content (AvgIpc) is 2.59. The van der Waals surface area contributed by atoms with E-state index in [2.05, 4.69) is 0 Å². The summed E-state index contributed by atoms with van der Waals surface area (Å²) >= 11 is 0. The van der Waals surface area contributed by atoms with Crippen LogP contribution in [0.15, 0.2) is 48.5 Å². The number of rotatable bonds is 7. The second kappa shape index (κ2) is 8.25. The molecule has 2 rings (SSSR count). The number of hydrogen-bond donors (Lipinski definition) is 0. The molecule has 0 spiro atoms. The maximum atomic E-state index is 12.0. The van der Waals surface area contributed by atoms with Crippen LogP contribution in [0.1, 0.15) is 21.5 Å². The van der Waals surface area contributed by atoms with Gasteiger partial charge in [0.05, 0.1) is 6.61 Å². The lowest BCUT2D eigenvalue weighted by atomic mass is 10.1. The molecular weight excluding hydrogens is 331 g/mol. The molecule has 122 valence electrons. The summed E-state index contributed by atoms with van der Waals surface area (Å²) in [6, 6.07) is 14.9. The van der Waals surface area contributed by atoms with Crippen LogP contribution in [-0.2, 0) is 26.8 Å². The quantitative estimate of drug-likeness (QED) is 0.561. The summed E-state index contributed by atoms with van der Waals surface area (Å²) in [6.07, 6.45) is 2.34. The molecule has 0 N–H and O–H groups in total. The largest absolute Gasteiger partial charge is 0.489 e. The van der Waals surface area contributed by atoms with E-state index < -0.39 is 9.39 Å². The molecule has 0 saturated heterocycles. The molecule has 23 heavy (non-hydrogen) atoms. The highest BCUT2D eigenvalue weighted by molar-refractivity contribution is 8.21. The molecule has 0 aliphatic heterocycles. The fourth-order valence-corrected chi connectivity index (χ4v) is 2.81. The molecule has 1 unspecified atom stereocenters. The van der Waals surface area contributed by atoms with E-state index in [1.54, 1.807) is 31.1 Å². The van der Waals surface area contributed by atoms with Crippen LogP contribution in [0.2, 0.25) is 0 Å². The van der Waals surface area contributed by atoms with Gasteiger partial charge in [0.2, 0.25) is 0 Å². The Kier molecular flexibility index (Phi) is 6.34. The molecule has 0 fully saturated rings. The zero-order valence-corrected chi connectivity index (χ0v) is 14.8. The Balaban J connectivity index is 2.17. The number of carbonyl (C=O) groups is 1. The van der Waals surface area contributed by atoms with Gasteiger partial charge < -0.3 is 4.74 Å². The van der Waals surface area contributed by atoms with E-state index in [1.165, 1.54) is 0 Å². The van der Waals surface area contributed by atoms with Crippen molar-refractivity contribution in [2.24, 2.45) is 0 Å². The van der Waals surface area contributed by atoms with Gasteiger partial charge in [-0.05, 0) is 37.8 Å². The summed E-state index contributed by atoms with van der Waals surface area (Å²) in [5.74, 6) is 0.627. The van der Waals surface area contributed by atoms with Gasteiger partial charge in [-0.3, -0.25) is 8.98 Å². The van der Waals surface area contributed by atoms with E-state index in [0.717, 1.165) is 11.8 Å². The molecule has 0 amide bonds. The van der Waals surface area contributed by atoms with Gasteiger partial charge in [-0.1, -0.05) is 30.3 Å². The zero-order chi connectivity index (χ0) is 16.7. The van der Waals surface area contributed by atoms with Crippen LogP contribution in [0.4, 0.5) is 0 Å². The molecule has 0 bridgehead atoms. The van der Waals surface area contributed by atoms with Crippen LogP contribution in [0.5, 0.6) is 5.75 Å². The predicted molar refractivity (Wildman–Crippen MR) is 94.3 cm³/mol. The summed E-state index contributed by atoms with van der Waals surface area (Å²) in [7, 11) is -1.66. The molecule has 0 aromatic heterocycles. The van der Waals surface area contributed by atoms with Crippen molar-refractivity contribution in [3.05, 3.63) is 65.2 Å². The first-order chi connectivity index (χ1) is 11.0. The highest BCUT2D eigenvalue weighted by atomic mass is 32.5. The minimum atomic E-state index is -2.34. The van der Waals surface area contributed by atoms with Crippen LogP contribution < -0.4 is 4.74 Å². The molecule has 0 aliphatic carbocycles. The van der Waals surface area contributed by atoms with Crippen LogP contribution in [0.25, 0.3) is 0 Å². The van der Waals surface area contributed by atoms with E-state index in [4.69, 9.17) is 8.92 Å². The third-order valence-electron chi connectivity index (χ3n) is 3.22. The first kappa shape index (κ1) is 17.7. The maximum Gasteiger partial charge on any atom is 0.150 e. The minimum Gasteiger partial charge on any atom is -0.489 e. The van der Waals surface area contributed by atoms with Crippen LogP contribution >= 0.6 is 7.36 Å². The normalized spacial score (nSPS) is 13.5. The standard InChI is InChI=1S/C17H19O4PS/c1-22-23(2,19)21-13-16-10-15(11-18)8-9-17(16)20-12-14-6-4-3-5-7-14/h3-11H,12-13H2,1-2H3. The second-order valence-electron chi connectivity index (χ2n) is 4.94. The zero-order valence-electron chi connectivity index (χ0n) is 13.1. The first-order valence-electron chi connectivity index (χ1n) is 7.03. The van der Waals surface area contributed by atoms with Crippen molar-refractivity contribution in [3.63, 3.8) is 0 Å². The Labute approximate surface area is 138 Å². The van der Waals surface area contributed by atoms with Crippen molar-refractivity contribution in [2.45, 2.75) is 13.2 Å². The molecule has 0 aliphatic rings. The van der Waals surface area contributed by atoms with Crippen LogP contribution in [0, 0.1) is 0 Å². The van der Waals surface area contributed by atoms with Gasteiger partial charge in [-0.25, -0.2) is 4.21 Å². The lowest BCUT2D eigenvalue weighted by Gasteiger charge is -2.13. The maximum absolute atomic E-state index is 12.0. The monoisotopic (exact) mass is 350 g/mol. The molecule has 2 aromatic rings. The topological polar surface area (TPSA) is 52.6 Å². The Hall–Kier alpha value is -1.68. The van der Waals surface area contributed by atoms with Gasteiger partial charge in [0.25, 0.3) is 0 Å². The Morgan fingerprint density at radius 2 is 1.87 bits per heavy atom. The number of carbonyl (C=O) groups excluding carboxylic acids is 1. The number of benzene rings is 2. The second-order valence-corrected chi connectivity index (χ2v) is 10.1. The van der Waals surface area contributed by atoms with E-state index in [0.29, 0.717) is 30.8 Å². The van der Waals surface area contributed by atoms with Gasteiger partial charge in [0.1, 0.15) is 28.0 Å². The predicted octanol–water partition coefficient (Wildman–Crippen LogP) is 3.91. The van der Waals surface area contributed by atoms with Gasteiger partial charge in [-0.15, -0.1) is 0 Å². The molecule has 4 nitrogen and oxygen atoms in total. The lowest BCUT2D eigenvalue weighted by Crippen LogP contribution is -2.04. The Bertz CT molecular complexity index is 780. The summed E-state index contributed by atoms with van der Waals surface area (Å²) in [6.45, 7) is 2.35. The fourth-order valence-electron chi connectivity index (χ4n) is 1.89. The number of hydrogen-bond acceptors (Lipinski definition) is 4. The number of ether oxygens (including phenoxy) is 1. The van der Waals surface area contributed by atoms with E-state index in [1.807, 2.05) is 30.3 Å². The van der Waals surface area contributed by atoms with Crippen molar-refractivity contribution >= 4 is 23.0 Å². The molecule has 1 atom stereocenters. The third-order valence-corrected chi connectivity index (χ3v) is 6.75. The summed E-state index contributed by atoms with van der Waals surface area (Å²) in [5, 5.41) is 0. The van der Waals surface area contributed by atoms with Gasteiger partial charge >= 0.3 is 0 Å². The fraction of sp³-hybridized carbons (Fsp3) is 0.235. The summed E-state index contributed by atoms with van der Waals surface area (Å²) in [4.78, 5) is 11.0. The van der Waals surface area contributed by atoms with E-state index in [9.17, 15) is 9.00 Å². The van der Waals surface area contributed by atoms with Gasteiger partial charge in [0, 0.05) is 17.4 Å². The number of aldehydes is 1. The molecule has 0 saturated carbocycles. The molecule has 2 aromatic carbocycles. The smallest absolute Gasteiger partial charge is 0.150 e. The molecule has 6 heteroatoms. The SMILES string of the molecule is CP=S(C)(=O)OCc1cc(C=O)ccc1OCc1ccccc1. The van der Waals surface area contributed by atoms with Gasteiger partial charge in [0.15, 0.2) is 0 Å². The summed E-state index contributed by atoms with van der Waals surface area (Å²) in [5.41, 5.74) is 2.29. The van der Waals surface area contributed by atoms with Gasteiger partial charge in [-0.2, -0.15) is 0 Å². The Morgan fingerprint density at radius 1 is 1.13 bits per heavy atom. The van der Waals surface area contributed by atoms with Crippen molar-refractivity contribution in [1.82, 2.24) is 0 Å².